The lowest BCUT2D eigenvalue weighted by Crippen LogP contribution is -2.19. The SMILES string of the molecule is COC(=O)C1=Cc2c(OC)ccc(OC)c2C(OC)O1. The molecule has 1 atom stereocenters. The molecule has 0 fully saturated rings. The molecule has 0 saturated carbocycles. The molecule has 0 bridgehead atoms. The summed E-state index contributed by atoms with van der Waals surface area (Å²) in [6.45, 7) is 0. The highest BCUT2D eigenvalue weighted by atomic mass is 16.7. The van der Waals surface area contributed by atoms with E-state index >= 15 is 0 Å². The van der Waals surface area contributed by atoms with Crippen molar-refractivity contribution in [1.29, 1.82) is 0 Å². The fourth-order valence-corrected chi connectivity index (χ4v) is 2.06. The zero-order valence-corrected chi connectivity index (χ0v) is 11.8. The maximum atomic E-state index is 11.6. The Hall–Kier alpha value is -2.21. The molecule has 0 aromatic heterocycles. The molecule has 0 spiro atoms. The average molecular weight is 280 g/mol. The van der Waals surface area contributed by atoms with E-state index in [1.807, 2.05) is 0 Å². The van der Waals surface area contributed by atoms with Crippen molar-refractivity contribution in [2.45, 2.75) is 6.29 Å². The van der Waals surface area contributed by atoms with Gasteiger partial charge in [0, 0.05) is 12.7 Å². The summed E-state index contributed by atoms with van der Waals surface area (Å²) in [6, 6.07) is 3.51. The Morgan fingerprint density at radius 2 is 1.75 bits per heavy atom. The van der Waals surface area contributed by atoms with E-state index in [1.54, 1.807) is 32.4 Å². The Morgan fingerprint density at radius 1 is 1.10 bits per heavy atom. The maximum Gasteiger partial charge on any atom is 0.373 e. The van der Waals surface area contributed by atoms with Crippen molar-refractivity contribution in [3.63, 3.8) is 0 Å². The molecule has 0 radical (unpaired) electrons. The third kappa shape index (κ3) is 2.30. The van der Waals surface area contributed by atoms with Gasteiger partial charge in [-0.3, -0.25) is 0 Å². The number of ether oxygens (including phenoxy) is 5. The summed E-state index contributed by atoms with van der Waals surface area (Å²) in [5.41, 5.74) is 1.34. The molecular formula is C14H16O6. The summed E-state index contributed by atoms with van der Waals surface area (Å²) in [5, 5.41) is 0. The molecule has 6 heteroatoms. The first-order valence-electron chi connectivity index (χ1n) is 5.90. The van der Waals surface area contributed by atoms with E-state index < -0.39 is 12.3 Å². The molecule has 0 amide bonds. The summed E-state index contributed by atoms with van der Waals surface area (Å²) < 4.78 is 26.0. The van der Waals surface area contributed by atoms with Crippen LogP contribution in [-0.2, 0) is 19.0 Å². The molecule has 20 heavy (non-hydrogen) atoms. The fourth-order valence-electron chi connectivity index (χ4n) is 2.06. The number of fused-ring (bicyclic) bond motifs is 1. The lowest BCUT2D eigenvalue weighted by Gasteiger charge is -2.27. The molecule has 108 valence electrons. The zero-order chi connectivity index (χ0) is 14.7. The first kappa shape index (κ1) is 14.2. The fraction of sp³-hybridized carbons (Fsp3) is 0.357. The Labute approximate surface area is 116 Å². The molecule has 0 N–H and O–H groups in total. The molecule has 0 aliphatic carbocycles. The number of carbonyl (C=O) groups is 1. The Kier molecular flexibility index (Phi) is 4.14. The van der Waals surface area contributed by atoms with E-state index in [4.69, 9.17) is 18.9 Å². The molecule has 2 rings (SSSR count). The van der Waals surface area contributed by atoms with Crippen molar-refractivity contribution in [1.82, 2.24) is 0 Å². The molecule has 1 aromatic carbocycles. The monoisotopic (exact) mass is 280 g/mol. The van der Waals surface area contributed by atoms with Crippen LogP contribution < -0.4 is 9.47 Å². The van der Waals surface area contributed by atoms with E-state index in [1.165, 1.54) is 14.2 Å². The van der Waals surface area contributed by atoms with Gasteiger partial charge in [-0.15, -0.1) is 0 Å². The van der Waals surface area contributed by atoms with Gasteiger partial charge in [0.25, 0.3) is 0 Å². The number of hydrogen-bond donors (Lipinski definition) is 0. The van der Waals surface area contributed by atoms with Gasteiger partial charge in [-0.2, -0.15) is 0 Å². The highest BCUT2D eigenvalue weighted by Crippen LogP contribution is 2.42. The van der Waals surface area contributed by atoms with Crippen LogP contribution in [0.2, 0.25) is 0 Å². The second kappa shape index (κ2) is 5.83. The van der Waals surface area contributed by atoms with E-state index in [0.717, 1.165) is 0 Å². The summed E-state index contributed by atoms with van der Waals surface area (Å²) in [6.07, 6.45) is 0.784. The van der Waals surface area contributed by atoms with Crippen LogP contribution in [0.25, 0.3) is 6.08 Å². The zero-order valence-electron chi connectivity index (χ0n) is 11.8. The summed E-state index contributed by atoms with van der Waals surface area (Å²) >= 11 is 0. The van der Waals surface area contributed by atoms with E-state index in [0.29, 0.717) is 22.6 Å². The molecule has 6 nitrogen and oxygen atoms in total. The topological polar surface area (TPSA) is 63.2 Å². The summed E-state index contributed by atoms with van der Waals surface area (Å²) in [7, 11) is 5.86. The van der Waals surface area contributed by atoms with Crippen molar-refractivity contribution >= 4 is 12.0 Å². The Bertz CT molecular complexity index is 549. The smallest absolute Gasteiger partial charge is 0.373 e. The predicted octanol–water partition coefficient (Wildman–Crippen LogP) is 1.89. The van der Waals surface area contributed by atoms with Crippen molar-refractivity contribution < 1.29 is 28.5 Å². The van der Waals surface area contributed by atoms with Crippen LogP contribution in [0, 0.1) is 0 Å². The highest BCUT2D eigenvalue weighted by Gasteiger charge is 2.31. The third-order valence-corrected chi connectivity index (χ3v) is 2.99. The standard InChI is InChI=1S/C14H16O6/c1-16-9-5-6-10(17-2)12-8(9)7-11(13(15)18-3)20-14(12)19-4/h5-7,14H,1-4H3. The number of benzene rings is 1. The Morgan fingerprint density at radius 3 is 2.30 bits per heavy atom. The van der Waals surface area contributed by atoms with Gasteiger partial charge in [-0.25, -0.2) is 4.79 Å². The first-order chi connectivity index (χ1) is 9.65. The van der Waals surface area contributed by atoms with Gasteiger partial charge in [-0.1, -0.05) is 0 Å². The molecule has 1 aliphatic heterocycles. The molecule has 1 unspecified atom stereocenters. The van der Waals surface area contributed by atoms with Crippen LogP contribution in [0.4, 0.5) is 0 Å². The van der Waals surface area contributed by atoms with Gasteiger partial charge in [-0.05, 0) is 18.2 Å². The predicted molar refractivity (Wildman–Crippen MR) is 70.4 cm³/mol. The van der Waals surface area contributed by atoms with E-state index in [-0.39, 0.29) is 5.76 Å². The normalized spacial score (nSPS) is 16.6. The average Bonchev–Trinajstić information content (AvgIpc) is 2.51. The minimum Gasteiger partial charge on any atom is -0.496 e. The second-order valence-corrected chi connectivity index (χ2v) is 3.98. The van der Waals surface area contributed by atoms with Gasteiger partial charge in [0.1, 0.15) is 11.5 Å². The molecule has 1 heterocycles. The van der Waals surface area contributed by atoms with Gasteiger partial charge < -0.3 is 23.7 Å². The summed E-state index contributed by atoms with van der Waals surface area (Å²) in [4.78, 5) is 11.6. The van der Waals surface area contributed by atoms with Crippen LogP contribution in [0.3, 0.4) is 0 Å². The largest absolute Gasteiger partial charge is 0.496 e. The minimum absolute atomic E-state index is 0.0541. The second-order valence-electron chi connectivity index (χ2n) is 3.98. The maximum absolute atomic E-state index is 11.6. The number of esters is 1. The third-order valence-electron chi connectivity index (χ3n) is 2.99. The quantitative estimate of drug-likeness (QED) is 0.785. The van der Waals surface area contributed by atoms with Crippen LogP contribution in [0.1, 0.15) is 17.4 Å². The minimum atomic E-state index is -0.769. The van der Waals surface area contributed by atoms with Gasteiger partial charge in [0.05, 0.1) is 26.9 Å². The first-order valence-corrected chi connectivity index (χ1v) is 5.90. The van der Waals surface area contributed by atoms with Crippen molar-refractivity contribution in [2.24, 2.45) is 0 Å². The van der Waals surface area contributed by atoms with Crippen LogP contribution in [-0.4, -0.2) is 34.4 Å². The van der Waals surface area contributed by atoms with Crippen LogP contribution in [0.5, 0.6) is 11.5 Å². The van der Waals surface area contributed by atoms with Crippen LogP contribution in [0.15, 0.2) is 17.9 Å². The van der Waals surface area contributed by atoms with Crippen LogP contribution >= 0.6 is 0 Å². The number of rotatable bonds is 4. The van der Waals surface area contributed by atoms with Crippen molar-refractivity contribution in [3.05, 3.63) is 29.0 Å². The van der Waals surface area contributed by atoms with Crippen molar-refractivity contribution in [3.8, 4) is 11.5 Å². The number of hydrogen-bond acceptors (Lipinski definition) is 6. The Balaban J connectivity index is 2.63. The van der Waals surface area contributed by atoms with Crippen molar-refractivity contribution in [2.75, 3.05) is 28.4 Å². The highest BCUT2D eigenvalue weighted by molar-refractivity contribution is 5.93. The van der Waals surface area contributed by atoms with E-state index in [9.17, 15) is 4.79 Å². The van der Waals surface area contributed by atoms with Gasteiger partial charge in [0.2, 0.25) is 12.0 Å². The molecule has 1 aromatic rings. The lowest BCUT2D eigenvalue weighted by molar-refractivity contribution is -0.151. The summed E-state index contributed by atoms with van der Waals surface area (Å²) in [5.74, 6) is 0.654. The molecule has 0 saturated heterocycles. The molecule has 1 aliphatic rings. The van der Waals surface area contributed by atoms with Gasteiger partial charge in [0.15, 0.2) is 0 Å². The number of methoxy groups -OCH3 is 4. The van der Waals surface area contributed by atoms with Gasteiger partial charge >= 0.3 is 5.97 Å². The number of carbonyl (C=O) groups excluding carboxylic acids is 1. The molecular weight excluding hydrogens is 264 g/mol. The lowest BCUT2D eigenvalue weighted by atomic mass is 10.0. The van der Waals surface area contributed by atoms with E-state index in [2.05, 4.69) is 4.74 Å².